The van der Waals surface area contributed by atoms with Crippen molar-refractivity contribution in [2.75, 3.05) is 11.5 Å². The van der Waals surface area contributed by atoms with Crippen LogP contribution in [-0.4, -0.2) is 41.9 Å². The zero-order chi connectivity index (χ0) is 23.8. The summed E-state index contributed by atoms with van der Waals surface area (Å²) in [5.41, 5.74) is 15.7. The predicted octanol–water partition coefficient (Wildman–Crippen LogP) is 3.18. The third kappa shape index (κ3) is 3.02. The van der Waals surface area contributed by atoms with Crippen LogP contribution in [0.2, 0.25) is 0 Å². The highest BCUT2D eigenvalue weighted by Crippen LogP contribution is 2.69. The van der Waals surface area contributed by atoms with Crippen molar-refractivity contribution in [2.45, 2.75) is 57.3 Å². The Balaban J connectivity index is 1.25. The van der Waals surface area contributed by atoms with Crippen LogP contribution in [0.4, 0.5) is 11.6 Å². The second kappa shape index (κ2) is 7.38. The Bertz CT molecular complexity index is 1420. The van der Waals surface area contributed by atoms with Crippen molar-refractivity contribution in [3.05, 3.63) is 54.0 Å². The molecule has 0 amide bonds. The molecule has 3 aromatic heterocycles. The van der Waals surface area contributed by atoms with Gasteiger partial charge in [-0.3, -0.25) is 0 Å². The Morgan fingerprint density at radius 2 is 1.94 bits per heavy atom. The Hall–Kier alpha value is -3.23. The van der Waals surface area contributed by atoms with Crippen LogP contribution in [0.5, 0.6) is 0 Å². The Morgan fingerprint density at radius 3 is 2.74 bits per heavy atom. The number of nitrogen functional groups attached to an aromatic ring is 2. The molecule has 0 spiro atoms. The van der Waals surface area contributed by atoms with E-state index in [2.05, 4.69) is 53.1 Å². The van der Waals surface area contributed by atoms with E-state index in [-0.39, 0.29) is 17.4 Å². The summed E-state index contributed by atoms with van der Waals surface area (Å²) >= 11 is 0. The maximum absolute atomic E-state index is 11.1. The zero-order valence-electron chi connectivity index (χ0n) is 19.4. The van der Waals surface area contributed by atoms with Crippen molar-refractivity contribution < 1.29 is 10.2 Å². The SMILES string of the molecule is CC(C)c1cc2ccc(CC[C@@]34C[C@@H]3[C@@H](n3ccc5c(N)ncnc53)[C@H](O)[C@@H]4O)cc2nc1N. The fourth-order valence-electron chi connectivity index (χ4n) is 6.18. The fraction of sp³-hybridized carbons (Fsp3) is 0.423. The van der Waals surface area contributed by atoms with E-state index in [1.54, 1.807) is 0 Å². The standard InChI is InChI=1S/C26H30N6O2/c1-13(2)17-10-15-4-3-14(9-19(15)31-24(17)28)5-7-26-11-18(26)20(21(33)22(26)34)32-8-6-16-23(27)29-12-30-25(16)32/h3-4,6,8-10,12-13,18,20-22,33-34H,5,7,11H2,1-2H3,(H2,28,31)(H2,27,29,30)/t18-,20-,21+,22+,26-/m1/s1. The number of anilines is 2. The van der Waals surface area contributed by atoms with Crippen molar-refractivity contribution in [3.63, 3.8) is 0 Å². The summed E-state index contributed by atoms with van der Waals surface area (Å²) in [4.78, 5) is 13.1. The summed E-state index contributed by atoms with van der Waals surface area (Å²) in [6, 6.07) is 10.1. The number of benzene rings is 1. The van der Waals surface area contributed by atoms with Crippen LogP contribution in [-0.2, 0) is 6.42 Å². The van der Waals surface area contributed by atoms with Gasteiger partial charge in [-0.1, -0.05) is 26.0 Å². The van der Waals surface area contributed by atoms with E-state index in [1.165, 1.54) is 6.33 Å². The van der Waals surface area contributed by atoms with Crippen LogP contribution in [0, 0.1) is 11.3 Å². The number of nitrogens with zero attached hydrogens (tertiary/aromatic N) is 4. The summed E-state index contributed by atoms with van der Waals surface area (Å²) in [7, 11) is 0. The number of pyridine rings is 1. The van der Waals surface area contributed by atoms with E-state index < -0.39 is 12.2 Å². The maximum atomic E-state index is 11.1. The van der Waals surface area contributed by atoms with Crippen molar-refractivity contribution in [1.29, 1.82) is 0 Å². The van der Waals surface area contributed by atoms with Gasteiger partial charge in [0.25, 0.3) is 0 Å². The molecule has 3 heterocycles. The van der Waals surface area contributed by atoms with Crippen molar-refractivity contribution in [3.8, 4) is 0 Å². The van der Waals surface area contributed by atoms with Crippen LogP contribution in [0.15, 0.2) is 42.9 Å². The molecule has 2 fully saturated rings. The molecule has 2 aliphatic carbocycles. The first kappa shape index (κ1) is 21.3. The lowest BCUT2D eigenvalue weighted by molar-refractivity contribution is -0.0191. The molecule has 0 aliphatic heterocycles. The van der Waals surface area contributed by atoms with E-state index in [0.29, 0.717) is 23.2 Å². The summed E-state index contributed by atoms with van der Waals surface area (Å²) < 4.78 is 1.97. The molecule has 34 heavy (non-hydrogen) atoms. The van der Waals surface area contributed by atoms with Gasteiger partial charge in [0.05, 0.1) is 23.0 Å². The zero-order valence-corrected chi connectivity index (χ0v) is 19.4. The molecule has 5 atom stereocenters. The molecule has 0 radical (unpaired) electrons. The second-order valence-electron chi connectivity index (χ2n) is 10.3. The van der Waals surface area contributed by atoms with Gasteiger partial charge in [0.2, 0.25) is 0 Å². The van der Waals surface area contributed by atoms with Gasteiger partial charge in [0.1, 0.15) is 29.7 Å². The molecule has 6 rings (SSSR count). The van der Waals surface area contributed by atoms with Crippen LogP contribution in [0.3, 0.4) is 0 Å². The van der Waals surface area contributed by atoms with Gasteiger partial charge in [-0.25, -0.2) is 15.0 Å². The summed E-state index contributed by atoms with van der Waals surface area (Å²) in [5.74, 6) is 1.52. The van der Waals surface area contributed by atoms with E-state index in [9.17, 15) is 10.2 Å². The Kier molecular flexibility index (Phi) is 4.63. The van der Waals surface area contributed by atoms with Crippen LogP contribution >= 0.6 is 0 Å². The number of nitrogens with two attached hydrogens (primary N) is 2. The summed E-state index contributed by atoms with van der Waals surface area (Å²) in [6.07, 6.45) is 4.20. The quantitative estimate of drug-likeness (QED) is 0.360. The van der Waals surface area contributed by atoms with E-state index in [4.69, 9.17) is 11.5 Å². The average molecular weight is 459 g/mol. The van der Waals surface area contributed by atoms with Gasteiger partial charge in [0, 0.05) is 17.0 Å². The summed E-state index contributed by atoms with van der Waals surface area (Å²) in [5, 5.41) is 23.9. The third-order valence-electron chi connectivity index (χ3n) is 8.16. The molecular weight excluding hydrogens is 428 g/mol. The number of fused-ring (bicyclic) bond motifs is 3. The number of aliphatic hydroxyl groups excluding tert-OH is 2. The smallest absolute Gasteiger partial charge is 0.145 e. The minimum Gasteiger partial charge on any atom is -0.390 e. The van der Waals surface area contributed by atoms with Gasteiger partial charge in [-0.05, 0) is 60.4 Å². The van der Waals surface area contributed by atoms with Crippen molar-refractivity contribution in [1.82, 2.24) is 19.5 Å². The largest absolute Gasteiger partial charge is 0.390 e. The molecule has 2 aliphatic rings. The van der Waals surface area contributed by atoms with Crippen LogP contribution in [0.1, 0.15) is 49.8 Å². The van der Waals surface area contributed by atoms with E-state index in [1.807, 2.05) is 16.8 Å². The van der Waals surface area contributed by atoms with Crippen LogP contribution < -0.4 is 11.5 Å². The fourth-order valence-corrected chi connectivity index (χ4v) is 6.18. The normalized spacial score (nSPS) is 28.1. The van der Waals surface area contributed by atoms with Crippen molar-refractivity contribution in [2.24, 2.45) is 11.3 Å². The highest BCUT2D eigenvalue weighted by molar-refractivity contribution is 5.86. The molecule has 1 aromatic carbocycles. The molecule has 176 valence electrons. The number of aryl methyl sites for hydroxylation is 1. The number of hydrogen-bond acceptors (Lipinski definition) is 7. The lowest BCUT2D eigenvalue weighted by atomic mass is 9.91. The number of rotatable bonds is 5. The molecule has 8 heteroatoms. The van der Waals surface area contributed by atoms with Gasteiger partial charge < -0.3 is 26.2 Å². The molecular formula is C26H30N6O2. The van der Waals surface area contributed by atoms with E-state index in [0.717, 1.165) is 46.7 Å². The molecule has 0 saturated heterocycles. The lowest BCUT2D eigenvalue weighted by Crippen LogP contribution is -2.34. The van der Waals surface area contributed by atoms with Crippen molar-refractivity contribution >= 4 is 33.6 Å². The maximum Gasteiger partial charge on any atom is 0.145 e. The van der Waals surface area contributed by atoms with Gasteiger partial charge >= 0.3 is 0 Å². The van der Waals surface area contributed by atoms with E-state index >= 15 is 0 Å². The van der Waals surface area contributed by atoms with Gasteiger partial charge in [-0.2, -0.15) is 0 Å². The molecule has 4 aromatic rings. The third-order valence-corrected chi connectivity index (χ3v) is 8.16. The molecule has 6 N–H and O–H groups in total. The summed E-state index contributed by atoms with van der Waals surface area (Å²) in [6.45, 7) is 4.23. The molecule has 8 nitrogen and oxygen atoms in total. The van der Waals surface area contributed by atoms with Gasteiger partial charge in [-0.15, -0.1) is 0 Å². The highest BCUT2D eigenvalue weighted by Gasteiger charge is 2.70. The second-order valence-corrected chi connectivity index (χ2v) is 10.3. The number of aromatic nitrogens is 4. The average Bonchev–Trinajstić information content (AvgIpc) is 3.30. The van der Waals surface area contributed by atoms with Gasteiger partial charge in [0.15, 0.2) is 0 Å². The lowest BCUT2D eigenvalue weighted by Gasteiger charge is -2.24. The topological polar surface area (TPSA) is 136 Å². The first-order valence-corrected chi connectivity index (χ1v) is 11.9. The monoisotopic (exact) mass is 458 g/mol. The molecule has 0 unspecified atom stereocenters. The Labute approximate surface area is 197 Å². The predicted molar refractivity (Wildman–Crippen MR) is 132 cm³/mol. The first-order valence-electron chi connectivity index (χ1n) is 11.9. The van der Waals surface area contributed by atoms with Crippen LogP contribution in [0.25, 0.3) is 21.9 Å². The minimum absolute atomic E-state index is 0.187. The molecule has 0 bridgehead atoms. The first-order chi connectivity index (χ1) is 16.3. The molecule has 2 saturated carbocycles. The number of aliphatic hydroxyl groups is 2. The Morgan fingerprint density at radius 1 is 1.12 bits per heavy atom. The minimum atomic E-state index is -0.849. The highest BCUT2D eigenvalue weighted by atomic mass is 16.3. The number of hydrogen-bond donors (Lipinski definition) is 4.